The van der Waals surface area contributed by atoms with E-state index in [1.165, 1.54) is 25.2 Å². The Kier molecular flexibility index (Phi) is 5.46. The number of nitrogens with zero attached hydrogens (tertiary/aromatic N) is 1. The Bertz CT molecular complexity index is 944. The summed E-state index contributed by atoms with van der Waals surface area (Å²) in [7, 11) is -2.59. The molecule has 0 saturated heterocycles. The summed E-state index contributed by atoms with van der Waals surface area (Å²) >= 11 is 5.96. The molecule has 0 bridgehead atoms. The second-order valence-electron chi connectivity index (χ2n) is 5.15. The standard InChI is InChI=1S/C16H15ClN2O5S/c1-10-4-3-5-12(6-10)25(23,24)14-8-11(17)7-13(15(14)18-2)16(21)19(22)9-20/h3-9,18,22H,1-2H3. The van der Waals surface area contributed by atoms with Crippen molar-refractivity contribution in [3.8, 4) is 0 Å². The van der Waals surface area contributed by atoms with Crippen LogP contribution in [-0.2, 0) is 14.6 Å². The number of imide groups is 1. The molecule has 2 aromatic rings. The highest BCUT2D eigenvalue weighted by Crippen LogP contribution is 2.34. The van der Waals surface area contributed by atoms with Crippen LogP contribution in [-0.4, -0.2) is 38.1 Å². The first-order valence-electron chi connectivity index (χ1n) is 7.03. The van der Waals surface area contributed by atoms with Crippen molar-refractivity contribution in [2.24, 2.45) is 0 Å². The first kappa shape index (κ1) is 18.9. The number of halogens is 1. The van der Waals surface area contributed by atoms with Gasteiger partial charge in [-0.25, -0.2) is 8.42 Å². The molecule has 0 fully saturated rings. The van der Waals surface area contributed by atoms with E-state index in [4.69, 9.17) is 11.6 Å². The number of sulfone groups is 1. The highest BCUT2D eigenvalue weighted by Gasteiger charge is 2.27. The molecule has 7 nitrogen and oxygen atoms in total. The Balaban J connectivity index is 2.75. The third-order valence-electron chi connectivity index (χ3n) is 3.44. The van der Waals surface area contributed by atoms with Crippen molar-refractivity contribution in [1.29, 1.82) is 0 Å². The van der Waals surface area contributed by atoms with Crippen LogP contribution in [0.3, 0.4) is 0 Å². The average Bonchev–Trinajstić information content (AvgIpc) is 2.59. The van der Waals surface area contributed by atoms with Crippen LogP contribution in [0, 0.1) is 6.92 Å². The molecule has 0 aliphatic heterocycles. The zero-order chi connectivity index (χ0) is 18.8. The predicted octanol–water partition coefficient (Wildman–Crippen LogP) is 2.51. The Morgan fingerprint density at radius 2 is 1.96 bits per heavy atom. The molecule has 0 spiro atoms. The van der Waals surface area contributed by atoms with Gasteiger partial charge in [0.1, 0.15) is 0 Å². The fraction of sp³-hybridized carbons (Fsp3) is 0.125. The molecule has 9 heteroatoms. The lowest BCUT2D eigenvalue weighted by atomic mass is 10.1. The minimum atomic E-state index is -4.00. The van der Waals surface area contributed by atoms with Crippen molar-refractivity contribution in [3.63, 3.8) is 0 Å². The number of hydroxylamine groups is 2. The monoisotopic (exact) mass is 382 g/mol. The molecule has 0 aromatic heterocycles. The van der Waals surface area contributed by atoms with Gasteiger partial charge in [-0.15, -0.1) is 0 Å². The number of benzene rings is 2. The van der Waals surface area contributed by atoms with Gasteiger partial charge >= 0.3 is 0 Å². The van der Waals surface area contributed by atoms with E-state index in [1.807, 2.05) is 0 Å². The lowest BCUT2D eigenvalue weighted by molar-refractivity contribution is -0.138. The summed E-state index contributed by atoms with van der Waals surface area (Å²) in [5, 5.41) is 11.7. The number of rotatable bonds is 5. The highest BCUT2D eigenvalue weighted by molar-refractivity contribution is 7.91. The quantitative estimate of drug-likeness (QED) is 0.468. The number of carbonyl (C=O) groups excluding carboxylic acids is 2. The van der Waals surface area contributed by atoms with Crippen LogP contribution in [0.25, 0.3) is 0 Å². The topological polar surface area (TPSA) is 104 Å². The maximum absolute atomic E-state index is 13.0. The summed E-state index contributed by atoms with van der Waals surface area (Å²) in [4.78, 5) is 22.5. The van der Waals surface area contributed by atoms with Crippen LogP contribution in [0.4, 0.5) is 5.69 Å². The number of hydrogen-bond donors (Lipinski definition) is 2. The van der Waals surface area contributed by atoms with Gasteiger partial charge in [0.2, 0.25) is 16.2 Å². The lowest BCUT2D eigenvalue weighted by Crippen LogP contribution is -2.27. The molecule has 0 unspecified atom stereocenters. The van der Waals surface area contributed by atoms with Crippen LogP contribution in [0.5, 0.6) is 0 Å². The summed E-state index contributed by atoms with van der Waals surface area (Å²) < 4.78 is 26.0. The minimum Gasteiger partial charge on any atom is -0.386 e. The van der Waals surface area contributed by atoms with Crippen LogP contribution < -0.4 is 5.32 Å². The number of nitrogens with one attached hydrogen (secondary N) is 1. The molecule has 2 N–H and O–H groups in total. The molecular weight excluding hydrogens is 368 g/mol. The van der Waals surface area contributed by atoms with Crippen molar-refractivity contribution < 1.29 is 23.2 Å². The molecule has 0 radical (unpaired) electrons. The maximum Gasteiger partial charge on any atom is 0.286 e. The Morgan fingerprint density at radius 3 is 2.52 bits per heavy atom. The minimum absolute atomic E-state index is 0.0286. The van der Waals surface area contributed by atoms with E-state index in [2.05, 4.69) is 5.32 Å². The molecule has 2 aromatic carbocycles. The Morgan fingerprint density at radius 1 is 1.28 bits per heavy atom. The van der Waals surface area contributed by atoms with E-state index in [-0.39, 0.29) is 37.5 Å². The lowest BCUT2D eigenvalue weighted by Gasteiger charge is -2.16. The second kappa shape index (κ2) is 7.22. The van der Waals surface area contributed by atoms with E-state index < -0.39 is 15.7 Å². The summed E-state index contributed by atoms with van der Waals surface area (Å²) in [6.45, 7) is 1.75. The maximum atomic E-state index is 13.0. The van der Waals surface area contributed by atoms with Gasteiger partial charge in [0.25, 0.3) is 5.91 Å². The third-order valence-corrected chi connectivity index (χ3v) is 5.44. The normalized spacial score (nSPS) is 11.0. The van der Waals surface area contributed by atoms with E-state index in [9.17, 15) is 23.2 Å². The van der Waals surface area contributed by atoms with Crippen LogP contribution in [0.1, 0.15) is 15.9 Å². The molecule has 25 heavy (non-hydrogen) atoms. The van der Waals surface area contributed by atoms with Crippen molar-refractivity contribution in [2.45, 2.75) is 16.7 Å². The smallest absolute Gasteiger partial charge is 0.286 e. The molecule has 0 saturated carbocycles. The zero-order valence-corrected chi connectivity index (χ0v) is 14.9. The van der Waals surface area contributed by atoms with Crippen LogP contribution >= 0.6 is 11.6 Å². The van der Waals surface area contributed by atoms with Crippen LogP contribution in [0.2, 0.25) is 5.02 Å². The summed E-state index contributed by atoms with van der Waals surface area (Å²) in [5.74, 6) is -1.11. The molecular formula is C16H15ClN2O5S. The molecule has 2 amide bonds. The molecule has 0 heterocycles. The van der Waals surface area contributed by atoms with E-state index >= 15 is 0 Å². The van der Waals surface area contributed by atoms with Crippen molar-refractivity contribution in [3.05, 3.63) is 52.5 Å². The number of carbonyl (C=O) groups is 2. The molecule has 0 atom stereocenters. The van der Waals surface area contributed by atoms with Gasteiger partial charge in [-0.05, 0) is 36.8 Å². The van der Waals surface area contributed by atoms with Gasteiger partial charge in [-0.3, -0.25) is 14.8 Å². The number of amides is 2. The van der Waals surface area contributed by atoms with Crippen molar-refractivity contribution in [2.75, 3.05) is 12.4 Å². The third kappa shape index (κ3) is 3.65. The molecule has 0 aliphatic carbocycles. The van der Waals surface area contributed by atoms with Crippen LogP contribution in [0.15, 0.2) is 46.2 Å². The Labute approximate surface area is 149 Å². The average molecular weight is 383 g/mol. The van der Waals surface area contributed by atoms with Gasteiger partial charge in [0.05, 0.1) is 21.0 Å². The van der Waals surface area contributed by atoms with Crippen molar-refractivity contribution in [1.82, 2.24) is 5.06 Å². The van der Waals surface area contributed by atoms with Gasteiger partial charge in [-0.1, -0.05) is 23.7 Å². The van der Waals surface area contributed by atoms with E-state index in [0.29, 0.717) is 0 Å². The number of anilines is 1. The summed E-state index contributed by atoms with van der Waals surface area (Å²) in [6, 6.07) is 8.62. The van der Waals surface area contributed by atoms with Gasteiger partial charge in [0.15, 0.2) is 0 Å². The largest absolute Gasteiger partial charge is 0.386 e. The second-order valence-corrected chi connectivity index (χ2v) is 7.51. The SMILES string of the molecule is CNc1c(C(=O)N(O)C=O)cc(Cl)cc1S(=O)(=O)c1cccc(C)c1. The number of aryl methyl sites for hydroxylation is 1. The van der Waals surface area contributed by atoms with Gasteiger partial charge < -0.3 is 5.32 Å². The fourth-order valence-electron chi connectivity index (χ4n) is 2.30. The first-order valence-corrected chi connectivity index (χ1v) is 8.89. The van der Waals surface area contributed by atoms with E-state index in [0.717, 1.165) is 11.6 Å². The summed E-state index contributed by atoms with van der Waals surface area (Å²) in [5.41, 5.74) is 0.417. The zero-order valence-electron chi connectivity index (χ0n) is 13.4. The molecule has 0 aliphatic rings. The molecule has 2 rings (SSSR count). The fourth-order valence-corrected chi connectivity index (χ4v) is 4.20. The summed E-state index contributed by atoms with van der Waals surface area (Å²) in [6.07, 6.45) is -0.0998. The first-order chi connectivity index (χ1) is 11.7. The predicted molar refractivity (Wildman–Crippen MR) is 91.6 cm³/mol. The highest BCUT2D eigenvalue weighted by atomic mass is 35.5. The Hall–Kier alpha value is -2.42. The van der Waals surface area contributed by atoms with Gasteiger partial charge in [-0.2, -0.15) is 5.06 Å². The van der Waals surface area contributed by atoms with Gasteiger partial charge in [0, 0.05) is 12.1 Å². The number of hydrogen-bond acceptors (Lipinski definition) is 6. The van der Waals surface area contributed by atoms with Crippen molar-refractivity contribution >= 4 is 39.4 Å². The molecule has 132 valence electrons. The van der Waals surface area contributed by atoms with E-state index in [1.54, 1.807) is 19.1 Å².